The lowest BCUT2D eigenvalue weighted by Crippen LogP contribution is -2.04. The third-order valence-electron chi connectivity index (χ3n) is 2.73. The molecule has 0 amide bonds. The topological polar surface area (TPSA) is 51.3 Å². The van der Waals surface area contributed by atoms with Crippen molar-refractivity contribution in [3.8, 4) is 5.75 Å². The van der Waals surface area contributed by atoms with Crippen LogP contribution in [0.1, 0.15) is 23.0 Å². The van der Waals surface area contributed by atoms with Gasteiger partial charge in [0, 0.05) is 5.39 Å². The highest BCUT2D eigenvalue weighted by atomic mass is 79.9. The largest absolute Gasteiger partial charge is 0.496 e. The number of halogens is 1. The summed E-state index contributed by atoms with van der Waals surface area (Å²) in [7, 11) is 1.62. The summed E-state index contributed by atoms with van der Waals surface area (Å²) in [5, 5.41) is 0.912. The quantitative estimate of drug-likeness (QED) is 0.884. The molecular weight excluding hydrogens is 298 g/mol. The smallest absolute Gasteiger partial charge is 0.354 e. The minimum absolute atomic E-state index is 0.348. The number of benzene rings is 1. The van der Waals surface area contributed by atoms with Gasteiger partial charge in [-0.05, 0) is 47.5 Å². The number of hydrogen-bond donors (Lipinski definition) is 1. The van der Waals surface area contributed by atoms with Crippen molar-refractivity contribution in [3.05, 3.63) is 27.9 Å². The summed E-state index contributed by atoms with van der Waals surface area (Å²) < 4.78 is 11.1. The van der Waals surface area contributed by atoms with Crippen LogP contribution in [-0.2, 0) is 4.74 Å². The Morgan fingerprint density at radius 3 is 2.78 bits per heavy atom. The molecule has 0 aliphatic rings. The fraction of sp³-hybridized carbons (Fsp3) is 0.308. The minimum atomic E-state index is -0.348. The predicted octanol–water partition coefficient (Wildman–Crippen LogP) is 3.42. The molecule has 0 fully saturated rings. The van der Waals surface area contributed by atoms with Crippen molar-refractivity contribution in [2.45, 2.75) is 13.8 Å². The molecule has 0 radical (unpaired) electrons. The zero-order valence-electron chi connectivity index (χ0n) is 10.5. The molecular formula is C13H14BrNO3. The lowest BCUT2D eigenvalue weighted by Gasteiger charge is -2.06. The normalized spacial score (nSPS) is 10.7. The van der Waals surface area contributed by atoms with Crippen molar-refractivity contribution < 1.29 is 14.3 Å². The number of rotatable bonds is 3. The van der Waals surface area contributed by atoms with Gasteiger partial charge in [0.1, 0.15) is 11.4 Å². The highest BCUT2D eigenvalue weighted by Gasteiger charge is 2.15. The van der Waals surface area contributed by atoms with Gasteiger partial charge in [-0.25, -0.2) is 4.79 Å². The predicted molar refractivity (Wildman–Crippen MR) is 73.2 cm³/mol. The molecule has 96 valence electrons. The molecule has 18 heavy (non-hydrogen) atoms. The summed E-state index contributed by atoms with van der Waals surface area (Å²) >= 11 is 3.48. The molecule has 1 aromatic carbocycles. The molecule has 0 saturated heterocycles. The summed E-state index contributed by atoms with van der Waals surface area (Å²) in [6.45, 7) is 4.10. The zero-order valence-corrected chi connectivity index (χ0v) is 12.1. The van der Waals surface area contributed by atoms with Crippen LogP contribution in [-0.4, -0.2) is 24.7 Å². The first kappa shape index (κ1) is 13.0. The lowest BCUT2D eigenvalue weighted by atomic mass is 10.1. The van der Waals surface area contributed by atoms with E-state index in [9.17, 15) is 4.79 Å². The number of aryl methyl sites for hydroxylation is 1. The van der Waals surface area contributed by atoms with E-state index in [-0.39, 0.29) is 5.97 Å². The summed E-state index contributed by atoms with van der Waals surface area (Å²) in [5.74, 6) is 0.397. The van der Waals surface area contributed by atoms with Gasteiger partial charge in [-0.3, -0.25) is 0 Å². The zero-order chi connectivity index (χ0) is 13.3. The van der Waals surface area contributed by atoms with E-state index in [0.717, 1.165) is 26.7 Å². The van der Waals surface area contributed by atoms with Gasteiger partial charge in [0.05, 0.1) is 23.7 Å². The molecule has 0 aliphatic carbocycles. The molecule has 0 unspecified atom stereocenters. The SMILES string of the molecule is CCOC(=O)c1cc2c(Br)c(OC)cc(C)c2[nH]1. The maximum atomic E-state index is 11.7. The summed E-state index contributed by atoms with van der Waals surface area (Å²) in [5.41, 5.74) is 2.37. The van der Waals surface area contributed by atoms with E-state index in [1.54, 1.807) is 20.1 Å². The molecule has 0 aliphatic heterocycles. The Labute approximate surface area is 113 Å². The van der Waals surface area contributed by atoms with Crippen LogP contribution >= 0.6 is 15.9 Å². The average Bonchev–Trinajstić information content (AvgIpc) is 2.80. The Morgan fingerprint density at radius 1 is 1.44 bits per heavy atom. The van der Waals surface area contributed by atoms with Gasteiger partial charge in [-0.2, -0.15) is 0 Å². The fourth-order valence-electron chi connectivity index (χ4n) is 1.87. The van der Waals surface area contributed by atoms with E-state index in [1.165, 1.54) is 0 Å². The van der Waals surface area contributed by atoms with Crippen LogP contribution < -0.4 is 4.74 Å². The van der Waals surface area contributed by atoms with Crippen LogP contribution in [0.25, 0.3) is 10.9 Å². The van der Waals surface area contributed by atoms with Gasteiger partial charge >= 0.3 is 5.97 Å². The number of H-pyrrole nitrogens is 1. The molecule has 1 heterocycles. The fourth-order valence-corrected chi connectivity index (χ4v) is 2.46. The molecule has 0 bridgehead atoms. The number of carbonyl (C=O) groups excluding carboxylic acids is 1. The van der Waals surface area contributed by atoms with Gasteiger partial charge in [0.25, 0.3) is 0 Å². The number of carbonyl (C=O) groups is 1. The summed E-state index contributed by atoms with van der Waals surface area (Å²) in [6.07, 6.45) is 0. The van der Waals surface area contributed by atoms with Crippen molar-refractivity contribution in [2.24, 2.45) is 0 Å². The monoisotopic (exact) mass is 311 g/mol. The molecule has 0 saturated carbocycles. The summed E-state index contributed by atoms with van der Waals surface area (Å²) in [4.78, 5) is 14.8. The highest BCUT2D eigenvalue weighted by Crippen LogP contribution is 2.35. The van der Waals surface area contributed by atoms with Crippen LogP contribution in [0, 0.1) is 6.92 Å². The van der Waals surface area contributed by atoms with Gasteiger partial charge < -0.3 is 14.5 Å². The number of nitrogens with one attached hydrogen (secondary N) is 1. The number of esters is 1. The van der Waals surface area contributed by atoms with Crippen molar-refractivity contribution >= 4 is 32.8 Å². The highest BCUT2D eigenvalue weighted by molar-refractivity contribution is 9.10. The molecule has 0 atom stereocenters. The van der Waals surface area contributed by atoms with Gasteiger partial charge in [0.15, 0.2) is 0 Å². The second-order valence-electron chi connectivity index (χ2n) is 3.90. The standard InChI is InChI=1S/C13H14BrNO3/c1-4-18-13(16)9-6-8-11(14)10(17-3)5-7(2)12(8)15-9/h5-6,15H,4H2,1-3H3. The van der Waals surface area contributed by atoms with Crippen LogP contribution in [0.15, 0.2) is 16.6 Å². The number of aromatic nitrogens is 1. The van der Waals surface area contributed by atoms with E-state index in [2.05, 4.69) is 20.9 Å². The Morgan fingerprint density at radius 2 is 2.17 bits per heavy atom. The maximum Gasteiger partial charge on any atom is 0.354 e. The molecule has 2 aromatic rings. The Balaban J connectivity index is 2.60. The van der Waals surface area contributed by atoms with Gasteiger partial charge in [-0.1, -0.05) is 0 Å². The van der Waals surface area contributed by atoms with Crippen molar-refractivity contribution in [1.82, 2.24) is 4.98 Å². The van der Waals surface area contributed by atoms with E-state index in [4.69, 9.17) is 9.47 Å². The van der Waals surface area contributed by atoms with Crippen LogP contribution in [0.4, 0.5) is 0 Å². The molecule has 4 nitrogen and oxygen atoms in total. The van der Waals surface area contributed by atoms with Crippen molar-refractivity contribution in [1.29, 1.82) is 0 Å². The van der Waals surface area contributed by atoms with Crippen LogP contribution in [0.3, 0.4) is 0 Å². The maximum absolute atomic E-state index is 11.7. The van der Waals surface area contributed by atoms with E-state index in [1.807, 2.05) is 13.0 Å². The molecule has 1 aromatic heterocycles. The number of hydrogen-bond acceptors (Lipinski definition) is 3. The summed E-state index contributed by atoms with van der Waals surface area (Å²) in [6, 6.07) is 3.69. The van der Waals surface area contributed by atoms with Gasteiger partial charge in [0.2, 0.25) is 0 Å². The first-order chi connectivity index (χ1) is 8.58. The molecule has 1 N–H and O–H groups in total. The molecule has 5 heteroatoms. The first-order valence-electron chi connectivity index (χ1n) is 5.61. The Hall–Kier alpha value is -1.49. The van der Waals surface area contributed by atoms with E-state index in [0.29, 0.717) is 12.3 Å². The lowest BCUT2D eigenvalue weighted by molar-refractivity contribution is 0.0520. The number of methoxy groups -OCH3 is 1. The van der Waals surface area contributed by atoms with Crippen LogP contribution in [0.2, 0.25) is 0 Å². The van der Waals surface area contributed by atoms with Gasteiger partial charge in [-0.15, -0.1) is 0 Å². The van der Waals surface area contributed by atoms with Crippen LogP contribution in [0.5, 0.6) is 5.75 Å². The molecule has 2 rings (SSSR count). The Kier molecular flexibility index (Phi) is 3.61. The molecule has 0 spiro atoms. The van der Waals surface area contributed by atoms with Crippen molar-refractivity contribution in [3.63, 3.8) is 0 Å². The number of fused-ring (bicyclic) bond motifs is 1. The van der Waals surface area contributed by atoms with Crippen molar-refractivity contribution in [2.75, 3.05) is 13.7 Å². The first-order valence-corrected chi connectivity index (χ1v) is 6.40. The second kappa shape index (κ2) is 5.02. The van der Waals surface area contributed by atoms with E-state index < -0.39 is 0 Å². The average molecular weight is 312 g/mol. The Bertz CT molecular complexity index is 604. The second-order valence-corrected chi connectivity index (χ2v) is 4.69. The van der Waals surface area contributed by atoms with E-state index >= 15 is 0 Å². The minimum Gasteiger partial charge on any atom is -0.496 e. The third-order valence-corrected chi connectivity index (χ3v) is 3.55. The number of ether oxygens (including phenoxy) is 2. The number of aromatic amines is 1. The third kappa shape index (κ3) is 2.10.